The minimum atomic E-state index is -0.542. The van der Waals surface area contributed by atoms with Gasteiger partial charge in [-0.25, -0.2) is 4.98 Å². The lowest BCUT2D eigenvalue weighted by atomic mass is 10.5. The molecule has 64 valence electrons. The fourth-order valence-electron chi connectivity index (χ4n) is 0.610. The summed E-state index contributed by atoms with van der Waals surface area (Å²) in [7, 11) is 0. The van der Waals surface area contributed by atoms with Crippen LogP contribution < -0.4 is 10.9 Å². The summed E-state index contributed by atoms with van der Waals surface area (Å²) in [4.78, 5) is 14.4. The molecule has 0 saturated heterocycles. The molecule has 0 aliphatic carbocycles. The fourth-order valence-corrected chi connectivity index (χ4v) is 0.610. The number of aromatic nitrogens is 1. The lowest BCUT2D eigenvalue weighted by Gasteiger charge is -2.04. The van der Waals surface area contributed by atoms with Gasteiger partial charge in [0.25, 0.3) is 5.91 Å². The Kier molecular flexibility index (Phi) is 3.04. The van der Waals surface area contributed by atoms with E-state index in [9.17, 15) is 4.79 Å². The Morgan fingerprint density at radius 2 is 2.42 bits per heavy atom. The van der Waals surface area contributed by atoms with Crippen molar-refractivity contribution < 1.29 is 9.90 Å². The molecule has 0 atom stereocenters. The molecule has 0 unspecified atom stereocenters. The predicted octanol–water partition coefficient (Wildman–Crippen LogP) is -0.483. The first-order valence-corrected chi connectivity index (χ1v) is 3.39. The Labute approximate surface area is 69.4 Å². The summed E-state index contributed by atoms with van der Waals surface area (Å²) < 4.78 is 0. The largest absolute Gasteiger partial charge is 0.386 e. The molecule has 1 amide bonds. The number of amides is 1. The maximum atomic E-state index is 10.5. The van der Waals surface area contributed by atoms with Gasteiger partial charge in [0.1, 0.15) is 12.4 Å². The molecule has 12 heavy (non-hydrogen) atoms. The molecular formula is C7H9N3O2. The molecule has 0 aliphatic heterocycles. The smallest absolute Gasteiger partial charge is 0.264 e. The van der Waals surface area contributed by atoms with E-state index in [1.54, 1.807) is 24.4 Å². The van der Waals surface area contributed by atoms with Crippen molar-refractivity contribution in [2.45, 2.75) is 0 Å². The van der Waals surface area contributed by atoms with Gasteiger partial charge in [0.2, 0.25) is 0 Å². The van der Waals surface area contributed by atoms with Crippen LogP contribution in [0.2, 0.25) is 0 Å². The van der Waals surface area contributed by atoms with Crippen LogP contribution in [-0.4, -0.2) is 22.6 Å². The summed E-state index contributed by atoms with van der Waals surface area (Å²) in [5.74, 6) is 0.0277. The van der Waals surface area contributed by atoms with E-state index in [2.05, 4.69) is 15.8 Å². The maximum absolute atomic E-state index is 10.5. The number of hydrogen-bond donors (Lipinski definition) is 3. The van der Waals surface area contributed by atoms with Crippen molar-refractivity contribution in [2.75, 3.05) is 12.0 Å². The molecule has 5 heteroatoms. The highest BCUT2D eigenvalue weighted by Gasteiger charge is 1.95. The maximum Gasteiger partial charge on any atom is 0.264 e. The zero-order valence-electron chi connectivity index (χ0n) is 6.32. The summed E-state index contributed by atoms with van der Waals surface area (Å²) in [5.41, 5.74) is 4.77. The van der Waals surface area contributed by atoms with Crippen molar-refractivity contribution in [3.8, 4) is 0 Å². The van der Waals surface area contributed by atoms with Crippen LogP contribution in [0, 0.1) is 0 Å². The molecule has 0 saturated carbocycles. The second kappa shape index (κ2) is 4.30. The Hall–Kier alpha value is -1.62. The summed E-state index contributed by atoms with van der Waals surface area (Å²) >= 11 is 0. The summed E-state index contributed by atoms with van der Waals surface area (Å²) in [6.45, 7) is -0.542. The van der Waals surface area contributed by atoms with Crippen LogP contribution in [0.3, 0.4) is 0 Å². The van der Waals surface area contributed by atoms with Crippen molar-refractivity contribution in [3.63, 3.8) is 0 Å². The molecule has 1 heterocycles. The number of aliphatic hydroxyl groups excluding tert-OH is 1. The highest BCUT2D eigenvalue weighted by Crippen LogP contribution is 1.96. The van der Waals surface area contributed by atoms with Gasteiger partial charge in [-0.15, -0.1) is 0 Å². The highest BCUT2D eigenvalue weighted by atomic mass is 16.3. The Bertz CT molecular complexity index is 250. The van der Waals surface area contributed by atoms with E-state index in [1.807, 2.05) is 0 Å². The number of hydrazine groups is 1. The molecule has 0 spiro atoms. The molecule has 1 aromatic rings. The SMILES string of the molecule is O=C(CO)NNc1ccccn1. The highest BCUT2D eigenvalue weighted by molar-refractivity contribution is 5.77. The molecule has 1 aromatic heterocycles. The molecule has 0 aromatic carbocycles. The number of carbonyl (C=O) groups excluding carboxylic acids is 1. The molecule has 1 rings (SSSR count). The van der Waals surface area contributed by atoms with E-state index in [0.717, 1.165) is 0 Å². The average molecular weight is 167 g/mol. The summed E-state index contributed by atoms with van der Waals surface area (Å²) in [6, 6.07) is 5.23. The lowest BCUT2D eigenvalue weighted by molar-refractivity contribution is -0.123. The lowest BCUT2D eigenvalue weighted by Crippen LogP contribution is -2.31. The topological polar surface area (TPSA) is 74.2 Å². The van der Waals surface area contributed by atoms with Crippen LogP contribution >= 0.6 is 0 Å². The molecule has 0 aliphatic rings. The van der Waals surface area contributed by atoms with Crippen LogP contribution in [0.15, 0.2) is 24.4 Å². The standard InChI is InChI=1S/C7H9N3O2/c11-5-7(12)10-9-6-3-1-2-4-8-6/h1-4,11H,5H2,(H,8,9)(H,10,12). The van der Waals surface area contributed by atoms with E-state index in [1.165, 1.54) is 0 Å². The van der Waals surface area contributed by atoms with Crippen LogP contribution in [0.25, 0.3) is 0 Å². The van der Waals surface area contributed by atoms with Gasteiger partial charge in [-0.05, 0) is 12.1 Å². The van der Waals surface area contributed by atoms with Crippen molar-refractivity contribution in [1.82, 2.24) is 10.4 Å². The Balaban J connectivity index is 2.38. The summed E-state index contributed by atoms with van der Waals surface area (Å²) in [6.07, 6.45) is 1.59. The van der Waals surface area contributed by atoms with Gasteiger partial charge in [-0.2, -0.15) is 0 Å². The number of pyridine rings is 1. The zero-order chi connectivity index (χ0) is 8.81. The third kappa shape index (κ3) is 2.55. The van der Waals surface area contributed by atoms with Gasteiger partial charge in [-0.1, -0.05) is 6.07 Å². The first kappa shape index (κ1) is 8.48. The van der Waals surface area contributed by atoms with E-state index in [4.69, 9.17) is 5.11 Å². The second-order valence-corrected chi connectivity index (χ2v) is 2.05. The van der Waals surface area contributed by atoms with E-state index >= 15 is 0 Å². The number of carbonyl (C=O) groups is 1. The van der Waals surface area contributed by atoms with Crippen molar-refractivity contribution >= 4 is 11.7 Å². The number of nitrogens with zero attached hydrogens (tertiary/aromatic N) is 1. The molecule has 3 N–H and O–H groups in total. The third-order valence-corrected chi connectivity index (χ3v) is 1.14. The second-order valence-electron chi connectivity index (χ2n) is 2.05. The van der Waals surface area contributed by atoms with E-state index in [0.29, 0.717) is 5.82 Å². The van der Waals surface area contributed by atoms with Crippen LogP contribution in [-0.2, 0) is 4.79 Å². The number of anilines is 1. The van der Waals surface area contributed by atoms with Crippen LogP contribution in [0.5, 0.6) is 0 Å². The third-order valence-electron chi connectivity index (χ3n) is 1.14. The van der Waals surface area contributed by atoms with Gasteiger partial charge in [0, 0.05) is 6.20 Å². The van der Waals surface area contributed by atoms with E-state index in [-0.39, 0.29) is 0 Å². The van der Waals surface area contributed by atoms with Crippen LogP contribution in [0.4, 0.5) is 5.82 Å². The number of aliphatic hydroxyl groups is 1. The minimum absolute atomic E-state index is 0.499. The van der Waals surface area contributed by atoms with Gasteiger partial charge in [-0.3, -0.25) is 15.6 Å². The number of nitrogens with one attached hydrogen (secondary N) is 2. The molecule has 5 nitrogen and oxygen atoms in total. The van der Waals surface area contributed by atoms with Gasteiger partial charge in [0.05, 0.1) is 0 Å². The summed E-state index contributed by atoms with van der Waals surface area (Å²) in [5, 5.41) is 8.34. The van der Waals surface area contributed by atoms with Gasteiger partial charge >= 0.3 is 0 Å². The number of hydrogen-bond acceptors (Lipinski definition) is 4. The fraction of sp³-hybridized carbons (Fsp3) is 0.143. The molecule has 0 radical (unpaired) electrons. The van der Waals surface area contributed by atoms with Crippen molar-refractivity contribution in [3.05, 3.63) is 24.4 Å². The Morgan fingerprint density at radius 3 is 3.00 bits per heavy atom. The first-order chi connectivity index (χ1) is 5.83. The minimum Gasteiger partial charge on any atom is -0.386 e. The first-order valence-electron chi connectivity index (χ1n) is 3.39. The van der Waals surface area contributed by atoms with Crippen molar-refractivity contribution in [2.24, 2.45) is 0 Å². The normalized spacial score (nSPS) is 9.08. The predicted molar refractivity (Wildman–Crippen MR) is 43.1 cm³/mol. The van der Waals surface area contributed by atoms with Gasteiger partial charge in [0.15, 0.2) is 0 Å². The van der Waals surface area contributed by atoms with Gasteiger partial charge < -0.3 is 5.11 Å². The molecule has 0 fully saturated rings. The quantitative estimate of drug-likeness (QED) is 0.531. The van der Waals surface area contributed by atoms with Crippen LogP contribution in [0.1, 0.15) is 0 Å². The van der Waals surface area contributed by atoms with Crippen molar-refractivity contribution in [1.29, 1.82) is 0 Å². The monoisotopic (exact) mass is 167 g/mol. The molecule has 0 bridgehead atoms. The Morgan fingerprint density at radius 1 is 1.58 bits per heavy atom. The molecular weight excluding hydrogens is 158 g/mol. The number of rotatable bonds is 3. The average Bonchev–Trinajstić information content (AvgIpc) is 2.16. The zero-order valence-corrected chi connectivity index (χ0v) is 6.32. The van der Waals surface area contributed by atoms with E-state index < -0.39 is 12.5 Å².